The molecule has 3 heterocycles. The fourth-order valence-electron chi connectivity index (χ4n) is 4.77. The Hall–Kier alpha value is -3.37. The van der Waals surface area contributed by atoms with Crippen LogP contribution < -0.4 is 10.6 Å². The zero-order valence-corrected chi connectivity index (χ0v) is 22.2. The highest BCUT2D eigenvalue weighted by atomic mass is 19.1. The molecule has 1 unspecified atom stereocenters. The number of methoxy groups -OCH3 is 1. The van der Waals surface area contributed by atoms with Gasteiger partial charge in [-0.3, -0.25) is 0 Å². The van der Waals surface area contributed by atoms with Gasteiger partial charge in [0.2, 0.25) is 0 Å². The number of hydrogen-bond acceptors (Lipinski definition) is 8. The minimum atomic E-state index is -0.963. The number of nitrogens with zero attached hydrogens (tertiary/aromatic N) is 4. The van der Waals surface area contributed by atoms with E-state index in [1.807, 2.05) is 0 Å². The second-order valence-corrected chi connectivity index (χ2v) is 9.74. The number of anilines is 2. The molecule has 38 heavy (non-hydrogen) atoms. The number of fused-ring (bicyclic) bond motifs is 2. The summed E-state index contributed by atoms with van der Waals surface area (Å²) in [5, 5.41) is 17.0. The van der Waals surface area contributed by atoms with Crippen LogP contribution in [0.3, 0.4) is 0 Å². The first-order valence-electron chi connectivity index (χ1n) is 13.3. The van der Waals surface area contributed by atoms with Crippen LogP contribution in [0.4, 0.5) is 16.0 Å². The molecule has 4 rings (SSSR count). The number of halogens is 1. The van der Waals surface area contributed by atoms with Crippen LogP contribution in [0.25, 0.3) is 10.9 Å². The summed E-state index contributed by atoms with van der Waals surface area (Å²) in [5.74, 6) is 0.509. The maximum atomic E-state index is 13.7. The minimum Gasteiger partial charge on any atom is -0.480 e. The van der Waals surface area contributed by atoms with Gasteiger partial charge in [-0.1, -0.05) is 6.07 Å². The van der Waals surface area contributed by atoms with Gasteiger partial charge in [0.25, 0.3) is 0 Å². The lowest BCUT2D eigenvalue weighted by Gasteiger charge is -2.24. The fourth-order valence-corrected chi connectivity index (χ4v) is 4.77. The fraction of sp³-hybridized carbons (Fsp3) is 0.500. The minimum absolute atomic E-state index is 0.378. The van der Waals surface area contributed by atoms with Gasteiger partial charge in [-0.25, -0.2) is 24.1 Å². The molecule has 0 aliphatic carbocycles. The summed E-state index contributed by atoms with van der Waals surface area (Å²) in [7, 11) is 1.67. The molecule has 1 aromatic carbocycles. The number of rotatable bonds is 14. The van der Waals surface area contributed by atoms with Crippen LogP contribution in [0.5, 0.6) is 0 Å². The van der Waals surface area contributed by atoms with Crippen LogP contribution in [0.15, 0.2) is 30.3 Å². The summed E-state index contributed by atoms with van der Waals surface area (Å²) in [6.07, 6.45) is 5.50. The molecule has 0 radical (unpaired) electrons. The summed E-state index contributed by atoms with van der Waals surface area (Å²) < 4.78 is 19.0. The van der Waals surface area contributed by atoms with Gasteiger partial charge in [-0.15, -0.1) is 0 Å². The van der Waals surface area contributed by atoms with Gasteiger partial charge in [0.05, 0.1) is 12.1 Å². The zero-order valence-electron chi connectivity index (χ0n) is 22.2. The molecule has 0 bridgehead atoms. The first-order valence-corrected chi connectivity index (χ1v) is 13.3. The molecule has 3 aromatic rings. The van der Waals surface area contributed by atoms with E-state index < -0.39 is 17.8 Å². The highest BCUT2D eigenvalue weighted by molar-refractivity contribution is 5.91. The molecule has 1 aliphatic rings. The Balaban J connectivity index is 1.32. The molecular weight excluding hydrogens is 487 g/mol. The van der Waals surface area contributed by atoms with E-state index in [1.54, 1.807) is 20.1 Å². The van der Waals surface area contributed by atoms with Gasteiger partial charge < -0.3 is 25.4 Å². The molecule has 1 atom stereocenters. The third-order valence-electron chi connectivity index (χ3n) is 6.83. The lowest BCUT2D eigenvalue weighted by molar-refractivity contribution is -0.138. The van der Waals surface area contributed by atoms with E-state index in [1.165, 1.54) is 17.7 Å². The Morgan fingerprint density at radius 1 is 1.18 bits per heavy atom. The molecule has 0 saturated carbocycles. The summed E-state index contributed by atoms with van der Waals surface area (Å²) in [6.45, 7) is 5.41. The highest BCUT2D eigenvalue weighted by Crippen LogP contribution is 2.23. The Kier molecular flexibility index (Phi) is 9.78. The van der Waals surface area contributed by atoms with Crippen LogP contribution in [0, 0.1) is 12.7 Å². The Morgan fingerprint density at radius 3 is 2.87 bits per heavy atom. The summed E-state index contributed by atoms with van der Waals surface area (Å²) in [5.41, 5.74) is 2.84. The molecule has 10 heteroatoms. The zero-order chi connectivity index (χ0) is 26.9. The average Bonchev–Trinajstić information content (AvgIpc) is 2.90. The molecule has 204 valence electrons. The molecule has 0 fully saturated rings. The summed E-state index contributed by atoms with van der Waals surface area (Å²) in [6, 6.07) is 7.69. The van der Waals surface area contributed by atoms with Gasteiger partial charge in [-0.05, 0) is 75.8 Å². The van der Waals surface area contributed by atoms with E-state index in [9.17, 15) is 14.3 Å². The first-order chi connectivity index (χ1) is 18.4. The van der Waals surface area contributed by atoms with Gasteiger partial charge in [0, 0.05) is 43.9 Å². The van der Waals surface area contributed by atoms with Crippen molar-refractivity contribution >= 4 is 28.5 Å². The van der Waals surface area contributed by atoms with Crippen LogP contribution in [0.1, 0.15) is 42.8 Å². The van der Waals surface area contributed by atoms with E-state index in [4.69, 9.17) is 9.72 Å². The molecule has 0 amide bonds. The maximum absolute atomic E-state index is 13.7. The van der Waals surface area contributed by atoms with Crippen molar-refractivity contribution in [2.24, 2.45) is 0 Å². The van der Waals surface area contributed by atoms with Crippen molar-refractivity contribution in [1.29, 1.82) is 0 Å². The van der Waals surface area contributed by atoms with Crippen LogP contribution in [-0.4, -0.2) is 76.9 Å². The van der Waals surface area contributed by atoms with E-state index in [-0.39, 0.29) is 0 Å². The number of aryl methyl sites for hydroxylation is 3. The van der Waals surface area contributed by atoms with E-state index in [2.05, 4.69) is 37.6 Å². The number of carbonyl (C=O) groups is 1. The van der Waals surface area contributed by atoms with E-state index >= 15 is 0 Å². The smallest absolute Gasteiger partial charge is 0.326 e. The van der Waals surface area contributed by atoms with Crippen molar-refractivity contribution in [3.8, 4) is 0 Å². The first kappa shape index (κ1) is 27.7. The Labute approximate surface area is 222 Å². The molecule has 0 saturated heterocycles. The SMILES string of the molecule is COCCN(CCCCc1ccc2c(n1)NCCC2)CCC(Nc1nc(C)nc2cc(F)ccc12)C(=O)O. The number of aromatic nitrogens is 3. The predicted octanol–water partition coefficient (Wildman–Crippen LogP) is 4.06. The Bertz CT molecular complexity index is 1240. The van der Waals surface area contributed by atoms with E-state index in [0.717, 1.165) is 63.3 Å². The largest absolute Gasteiger partial charge is 0.480 e. The van der Waals surface area contributed by atoms with E-state index in [0.29, 0.717) is 42.1 Å². The second-order valence-electron chi connectivity index (χ2n) is 9.74. The number of pyridine rings is 1. The second kappa shape index (κ2) is 13.4. The average molecular weight is 525 g/mol. The molecule has 1 aliphatic heterocycles. The number of nitrogens with one attached hydrogen (secondary N) is 2. The standard InChI is InChI=1S/C28H37FN6O3/c1-19-31-25-18-21(29)9-11-23(25)27(32-19)34-24(28(36)37)12-15-35(16-17-38-2)14-4-3-7-22-10-8-20-6-5-13-30-26(20)33-22/h8-11,18,24H,3-7,12-17H2,1-2H3,(H,30,33)(H,36,37)(H,31,32,34). The highest BCUT2D eigenvalue weighted by Gasteiger charge is 2.21. The van der Waals surface area contributed by atoms with Crippen molar-refractivity contribution in [3.05, 3.63) is 53.2 Å². The lowest BCUT2D eigenvalue weighted by atomic mass is 10.1. The Morgan fingerprint density at radius 2 is 2.05 bits per heavy atom. The molecule has 2 aromatic heterocycles. The normalized spacial score (nSPS) is 13.8. The summed E-state index contributed by atoms with van der Waals surface area (Å²) in [4.78, 5) is 27.8. The number of aliphatic carboxylic acids is 1. The topological polar surface area (TPSA) is 113 Å². The number of carboxylic acids is 1. The van der Waals surface area contributed by atoms with Crippen LogP contribution in [-0.2, 0) is 22.4 Å². The van der Waals surface area contributed by atoms with Crippen molar-refractivity contribution in [2.45, 2.75) is 51.5 Å². The number of carboxylic acid groups (broad SMARTS) is 1. The molecular formula is C28H37FN6O3. The number of hydrogen-bond donors (Lipinski definition) is 3. The summed E-state index contributed by atoms with van der Waals surface area (Å²) >= 11 is 0. The molecule has 3 N–H and O–H groups in total. The van der Waals surface area contributed by atoms with Crippen molar-refractivity contribution in [3.63, 3.8) is 0 Å². The monoisotopic (exact) mass is 524 g/mol. The third kappa shape index (κ3) is 7.58. The van der Waals surface area contributed by atoms with Crippen molar-refractivity contribution < 1.29 is 19.0 Å². The lowest BCUT2D eigenvalue weighted by Crippen LogP contribution is -2.37. The predicted molar refractivity (Wildman–Crippen MR) is 146 cm³/mol. The van der Waals surface area contributed by atoms with Gasteiger partial charge in [0.1, 0.15) is 29.3 Å². The van der Waals surface area contributed by atoms with Gasteiger partial charge >= 0.3 is 5.97 Å². The third-order valence-corrected chi connectivity index (χ3v) is 6.83. The number of unbranched alkanes of at least 4 members (excludes halogenated alkanes) is 1. The van der Waals surface area contributed by atoms with Crippen LogP contribution in [0.2, 0.25) is 0 Å². The quantitative estimate of drug-likeness (QED) is 0.269. The molecule has 9 nitrogen and oxygen atoms in total. The van der Waals surface area contributed by atoms with Gasteiger partial charge in [-0.2, -0.15) is 0 Å². The van der Waals surface area contributed by atoms with Crippen molar-refractivity contribution in [2.75, 3.05) is 50.5 Å². The van der Waals surface area contributed by atoms with Gasteiger partial charge in [0.15, 0.2) is 0 Å². The maximum Gasteiger partial charge on any atom is 0.326 e. The number of ether oxygens (including phenoxy) is 1. The molecule has 0 spiro atoms. The number of benzene rings is 1. The van der Waals surface area contributed by atoms with Crippen molar-refractivity contribution in [1.82, 2.24) is 19.9 Å². The van der Waals surface area contributed by atoms with Crippen LogP contribution >= 0.6 is 0 Å².